The van der Waals surface area contributed by atoms with E-state index >= 15 is 0 Å². The second-order valence-electron chi connectivity index (χ2n) is 4.27. The van der Waals surface area contributed by atoms with Gasteiger partial charge in [-0.25, -0.2) is 5.43 Å². The summed E-state index contributed by atoms with van der Waals surface area (Å²) in [4.78, 5) is 17.1. The van der Waals surface area contributed by atoms with E-state index in [1.54, 1.807) is 12.3 Å². The maximum Gasteiger partial charge on any atom is 0.263 e. The fourth-order valence-electron chi connectivity index (χ4n) is 1.76. The van der Waals surface area contributed by atoms with Gasteiger partial charge in [0, 0.05) is 6.20 Å². The molecule has 0 aliphatic rings. The van der Waals surface area contributed by atoms with E-state index in [0.29, 0.717) is 5.69 Å². The Morgan fingerprint density at radius 1 is 1.14 bits per heavy atom. The Labute approximate surface area is 120 Å². The largest absolute Gasteiger partial charge is 0.271 e. The number of pyridine rings is 1. The van der Waals surface area contributed by atoms with Crippen LogP contribution in [0, 0.1) is 0 Å². The number of aromatic nitrogens is 4. The first-order valence-corrected chi connectivity index (χ1v) is 6.34. The van der Waals surface area contributed by atoms with Gasteiger partial charge < -0.3 is 0 Å². The van der Waals surface area contributed by atoms with Gasteiger partial charge in [0.05, 0.1) is 11.9 Å². The monoisotopic (exact) mass is 280 g/mol. The van der Waals surface area contributed by atoms with E-state index in [1.165, 1.54) is 11.0 Å². The van der Waals surface area contributed by atoms with Crippen LogP contribution >= 0.6 is 0 Å². The standard InChI is InChI=1S/C14H12N6O/c21-14(17-16-9-11-5-3-4-8-15-11)10-20-18-12-6-1-2-7-13(12)19-20/h1-9H,10H2,(H,17,21)/b16-9+. The van der Waals surface area contributed by atoms with E-state index in [2.05, 4.69) is 25.7 Å². The molecule has 104 valence electrons. The molecule has 1 N–H and O–H groups in total. The number of rotatable bonds is 4. The molecule has 0 radical (unpaired) electrons. The molecule has 0 atom stereocenters. The highest BCUT2D eigenvalue weighted by Crippen LogP contribution is 2.06. The molecule has 1 aromatic carbocycles. The highest BCUT2D eigenvalue weighted by Gasteiger charge is 2.05. The van der Waals surface area contributed by atoms with Gasteiger partial charge in [-0.2, -0.15) is 20.1 Å². The molecule has 1 amide bonds. The number of hydrogen-bond acceptors (Lipinski definition) is 5. The number of nitrogens with zero attached hydrogens (tertiary/aromatic N) is 5. The first kappa shape index (κ1) is 12.9. The molecule has 7 nitrogen and oxygen atoms in total. The predicted molar refractivity (Wildman–Crippen MR) is 77.5 cm³/mol. The van der Waals surface area contributed by atoms with Gasteiger partial charge in [-0.05, 0) is 24.3 Å². The van der Waals surface area contributed by atoms with Crippen molar-refractivity contribution in [2.75, 3.05) is 0 Å². The Morgan fingerprint density at radius 3 is 2.52 bits per heavy atom. The molecule has 0 bridgehead atoms. The van der Waals surface area contributed by atoms with Gasteiger partial charge in [-0.15, -0.1) is 0 Å². The summed E-state index contributed by atoms with van der Waals surface area (Å²) in [5.74, 6) is -0.303. The van der Waals surface area contributed by atoms with Crippen molar-refractivity contribution in [3.8, 4) is 0 Å². The van der Waals surface area contributed by atoms with E-state index in [9.17, 15) is 4.79 Å². The Morgan fingerprint density at radius 2 is 1.86 bits per heavy atom. The SMILES string of the molecule is O=C(Cn1nc2ccccc2n1)N/N=C/c1ccccn1. The van der Waals surface area contributed by atoms with Crippen molar-refractivity contribution in [3.63, 3.8) is 0 Å². The third-order valence-electron chi connectivity index (χ3n) is 2.69. The number of benzene rings is 1. The summed E-state index contributed by atoms with van der Waals surface area (Å²) in [6, 6.07) is 12.9. The number of carbonyl (C=O) groups excluding carboxylic acids is 1. The number of hydrazone groups is 1. The van der Waals surface area contributed by atoms with Crippen LogP contribution in [0.5, 0.6) is 0 Å². The minimum atomic E-state index is -0.303. The Bertz CT molecular complexity index is 747. The lowest BCUT2D eigenvalue weighted by Gasteiger charge is -1.98. The van der Waals surface area contributed by atoms with Gasteiger partial charge in [-0.1, -0.05) is 18.2 Å². The fraction of sp³-hybridized carbons (Fsp3) is 0.0714. The van der Waals surface area contributed by atoms with Gasteiger partial charge in [0.2, 0.25) is 0 Å². The molecule has 7 heteroatoms. The Balaban J connectivity index is 1.60. The van der Waals surface area contributed by atoms with Crippen molar-refractivity contribution < 1.29 is 4.79 Å². The highest BCUT2D eigenvalue weighted by atomic mass is 16.2. The molecular weight excluding hydrogens is 268 g/mol. The Hall–Kier alpha value is -3.09. The minimum Gasteiger partial charge on any atom is -0.271 e. The maximum absolute atomic E-state index is 11.7. The molecule has 0 saturated carbocycles. The van der Waals surface area contributed by atoms with Gasteiger partial charge in [0.15, 0.2) is 0 Å². The topological polar surface area (TPSA) is 85.1 Å². The third-order valence-corrected chi connectivity index (χ3v) is 2.69. The van der Waals surface area contributed by atoms with Crippen molar-refractivity contribution in [1.82, 2.24) is 25.4 Å². The molecule has 0 saturated heterocycles. The summed E-state index contributed by atoms with van der Waals surface area (Å²) >= 11 is 0. The summed E-state index contributed by atoms with van der Waals surface area (Å²) in [5, 5.41) is 12.2. The molecule has 0 aliphatic heterocycles. The third kappa shape index (κ3) is 3.27. The summed E-state index contributed by atoms with van der Waals surface area (Å²) in [7, 11) is 0. The van der Waals surface area contributed by atoms with E-state index in [-0.39, 0.29) is 12.5 Å². The summed E-state index contributed by atoms with van der Waals surface area (Å²) in [5.41, 5.74) is 4.59. The first-order valence-electron chi connectivity index (χ1n) is 6.34. The second-order valence-corrected chi connectivity index (χ2v) is 4.27. The second kappa shape index (κ2) is 5.91. The van der Waals surface area contributed by atoms with Crippen LogP contribution in [0.25, 0.3) is 11.0 Å². The van der Waals surface area contributed by atoms with E-state index < -0.39 is 0 Å². The smallest absolute Gasteiger partial charge is 0.263 e. The van der Waals surface area contributed by atoms with Crippen LogP contribution in [0.4, 0.5) is 0 Å². The van der Waals surface area contributed by atoms with Crippen LogP contribution in [0.3, 0.4) is 0 Å². The number of nitrogens with one attached hydrogen (secondary N) is 1. The van der Waals surface area contributed by atoms with Crippen molar-refractivity contribution in [2.45, 2.75) is 6.54 Å². The quantitative estimate of drug-likeness (QED) is 0.570. The summed E-state index contributed by atoms with van der Waals surface area (Å²) < 4.78 is 0. The van der Waals surface area contributed by atoms with Gasteiger partial charge >= 0.3 is 0 Å². The summed E-state index contributed by atoms with van der Waals surface area (Å²) in [6.07, 6.45) is 3.13. The van der Waals surface area contributed by atoms with Gasteiger partial charge in [0.25, 0.3) is 5.91 Å². The van der Waals surface area contributed by atoms with Crippen LogP contribution in [0.2, 0.25) is 0 Å². The van der Waals surface area contributed by atoms with E-state index in [0.717, 1.165) is 11.0 Å². The zero-order valence-electron chi connectivity index (χ0n) is 11.0. The van der Waals surface area contributed by atoms with Crippen LogP contribution in [-0.2, 0) is 11.3 Å². The first-order chi connectivity index (χ1) is 10.3. The predicted octanol–water partition coefficient (Wildman–Crippen LogP) is 0.977. The minimum absolute atomic E-state index is 0.00817. The van der Waals surface area contributed by atoms with Crippen LogP contribution in [-0.4, -0.2) is 32.1 Å². The maximum atomic E-state index is 11.7. The summed E-state index contributed by atoms with van der Waals surface area (Å²) in [6.45, 7) is 0.00817. The van der Waals surface area contributed by atoms with Crippen molar-refractivity contribution in [1.29, 1.82) is 0 Å². The van der Waals surface area contributed by atoms with Crippen LogP contribution in [0.1, 0.15) is 5.69 Å². The fourth-order valence-corrected chi connectivity index (χ4v) is 1.76. The van der Waals surface area contributed by atoms with Crippen molar-refractivity contribution in [2.24, 2.45) is 5.10 Å². The molecule has 2 heterocycles. The average molecular weight is 280 g/mol. The van der Waals surface area contributed by atoms with Gasteiger partial charge in [0.1, 0.15) is 17.6 Å². The molecule has 21 heavy (non-hydrogen) atoms. The highest BCUT2D eigenvalue weighted by molar-refractivity contribution is 5.80. The lowest BCUT2D eigenvalue weighted by molar-refractivity contribution is -0.122. The number of hydrogen-bond donors (Lipinski definition) is 1. The molecular formula is C14H12N6O. The normalized spacial score (nSPS) is 11.0. The molecule has 0 aliphatic carbocycles. The number of carbonyl (C=O) groups is 1. The van der Waals surface area contributed by atoms with Crippen molar-refractivity contribution >= 4 is 23.2 Å². The van der Waals surface area contributed by atoms with E-state index in [1.807, 2.05) is 36.4 Å². The lowest BCUT2D eigenvalue weighted by Crippen LogP contribution is -2.24. The molecule has 0 spiro atoms. The number of fused-ring (bicyclic) bond motifs is 1. The molecule has 0 unspecified atom stereocenters. The average Bonchev–Trinajstić information content (AvgIpc) is 2.90. The molecule has 3 aromatic rings. The van der Waals surface area contributed by atoms with Crippen LogP contribution in [0.15, 0.2) is 53.8 Å². The van der Waals surface area contributed by atoms with Crippen LogP contribution < -0.4 is 5.43 Å². The van der Waals surface area contributed by atoms with Crippen molar-refractivity contribution in [3.05, 3.63) is 54.4 Å². The van der Waals surface area contributed by atoms with Gasteiger partial charge in [-0.3, -0.25) is 9.78 Å². The lowest BCUT2D eigenvalue weighted by atomic mass is 10.3. The zero-order valence-corrected chi connectivity index (χ0v) is 11.0. The van der Waals surface area contributed by atoms with E-state index in [4.69, 9.17) is 0 Å². The molecule has 0 fully saturated rings. The molecule has 3 rings (SSSR count). The zero-order chi connectivity index (χ0) is 14.5. The number of amides is 1. The molecule has 2 aromatic heterocycles. The Kier molecular flexibility index (Phi) is 3.64.